The molecule has 1 rings (SSSR count). The molecule has 0 spiro atoms. The lowest BCUT2D eigenvalue weighted by atomic mass is 9.92. The zero-order chi connectivity index (χ0) is 10.9. The summed E-state index contributed by atoms with van der Waals surface area (Å²) in [5, 5.41) is 4.40. The van der Waals surface area contributed by atoms with Crippen LogP contribution in [0.2, 0.25) is 0 Å². The first kappa shape index (κ1) is 11.8. The number of halogens is 1. The molecule has 1 aromatic heterocycles. The lowest BCUT2D eigenvalue weighted by Crippen LogP contribution is -2.13. The molecule has 0 aliphatic carbocycles. The van der Waals surface area contributed by atoms with Crippen molar-refractivity contribution in [3.8, 4) is 0 Å². The third-order valence-corrected chi connectivity index (χ3v) is 3.50. The Morgan fingerprint density at radius 3 is 2.36 bits per heavy atom. The van der Waals surface area contributed by atoms with E-state index in [2.05, 4.69) is 48.5 Å². The van der Waals surface area contributed by atoms with Crippen LogP contribution in [-0.2, 0) is 6.54 Å². The van der Waals surface area contributed by atoms with Crippen molar-refractivity contribution in [2.24, 2.45) is 5.41 Å². The fourth-order valence-electron chi connectivity index (χ4n) is 1.19. The molecule has 80 valence electrons. The van der Waals surface area contributed by atoms with Crippen molar-refractivity contribution in [1.29, 1.82) is 0 Å². The Morgan fingerprint density at radius 1 is 1.43 bits per heavy atom. The van der Waals surface area contributed by atoms with E-state index in [1.54, 1.807) is 0 Å². The fourth-order valence-corrected chi connectivity index (χ4v) is 1.58. The number of anilines is 1. The Kier molecular flexibility index (Phi) is 3.44. The highest BCUT2D eigenvalue weighted by atomic mass is 127. The summed E-state index contributed by atoms with van der Waals surface area (Å²) in [6.45, 7) is 9.57. The van der Waals surface area contributed by atoms with Crippen LogP contribution in [0.5, 0.6) is 0 Å². The molecule has 0 bridgehead atoms. The Morgan fingerprint density at radius 2 is 2.00 bits per heavy atom. The minimum atomic E-state index is 0.331. The molecule has 0 atom stereocenters. The van der Waals surface area contributed by atoms with Crippen molar-refractivity contribution >= 4 is 28.4 Å². The van der Waals surface area contributed by atoms with Gasteiger partial charge in [0.15, 0.2) is 0 Å². The summed E-state index contributed by atoms with van der Waals surface area (Å²) in [7, 11) is 0. The zero-order valence-corrected chi connectivity index (χ0v) is 11.4. The van der Waals surface area contributed by atoms with E-state index in [0.29, 0.717) is 5.41 Å². The van der Waals surface area contributed by atoms with Gasteiger partial charge in [0, 0.05) is 6.54 Å². The molecule has 3 nitrogen and oxygen atoms in total. The van der Waals surface area contributed by atoms with Crippen LogP contribution in [0.4, 0.5) is 5.82 Å². The number of aromatic nitrogens is 2. The van der Waals surface area contributed by atoms with Crippen LogP contribution in [-0.4, -0.2) is 9.78 Å². The second-order valence-corrected chi connectivity index (χ2v) is 5.90. The quantitative estimate of drug-likeness (QED) is 0.854. The van der Waals surface area contributed by atoms with Crippen molar-refractivity contribution in [3.63, 3.8) is 0 Å². The van der Waals surface area contributed by atoms with Crippen LogP contribution in [0, 0.1) is 15.9 Å². The van der Waals surface area contributed by atoms with Crippen LogP contribution in [0.25, 0.3) is 0 Å². The molecule has 1 heterocycles. The SMILES string of the molecule is Cc1nn(CCC(C)(C)C)c(N)c1I. The molecule has 4 heteroatoms. The van der Waals surface area contributed by atoms with Crippen LogP contribution in [0.15, 0.2) is 0 Å². The van der Waals surface area contributed by atoms with Gasteiger partial charge in [-0.05, 0) is 41.4 Å². The van der Waals surface area contributed by atoms with Crippen molar-refractivity contribution in [3.05, 3.63) is 9.26 Å². The van der Waals surface area contributed by atoms with E-state index in [1.165, 1.54) is 0 Å². The molecule has 0 aliphatic rings. The lowest BCUT2D eigenvalue weighted by Gasteiger charge is -2.17. The van der Waals surface area contributed by atoms with Gasteiger partial charge in [-0.25, -0.2) is 4.68 Å². The van der Waals surface area contributed by atoms with E-state index in [9.17, 15) is 0 Å². The summed E-state index contributed by atoms with van der Waals surface area (Å²) in [5.74, 6) is 0.798. The van der Waals surface area contributed by atoms with Gasteiger partial charge in [-0.1, -0.05) is 20.8 Å². The number of nitrogen functional groups attached to an aromatic ring is 1. The molecule has 1 aromatic rings. The van der Waals surface area contributed by atoms with E-state index >= 15 is 0 Å². The third-order valence-electron chi connectivity index (χ3n) is 2.16. The summed E-state index contributed by atoms with van der Waals surface area (Å²) in [6, 6.07) is 0. The number of hydrogen-bond donors (Lipinski definition) is 1. The average Bonchev–Trinajstić information content (AvgIpc) is 2.28. The molecule has 0 unspecified atom stereocenters. The van der Waals surface area contributed by atoms with Gasteiger partial charge < -0.3 is 5.73 Å². The van der Waals surface area contributed by atoms with Gasteiger partial charge in [0.1, 0.15) is 5.82 Å². The molecule has 0 saturated heterocycles. The molecule has 14 heavy (non-hydrogen) atoms. The molecular formula is C10H18IN3. The predicted octanol–water partition coefficient (Wildman–Crippen LogP) is 2.81. The topological polar surface area (TPSA) is 43.8 Å². The summed E-state index contributed by atoms with van der Waals surface area (Å²) in [4.78, 5) is 0. The smallest absolute Gasteiger partial charge is 0.135 e. The second-order valence-electron chi connectivity index (χ2n) is 4.82. The molecule has 0 radical (unpaired) electrons. The number of hydrogen-bond acceptors (Lipinski definition) is 2. The van der Waals surface area contributed by atoms with Crippen molar-refractivity contribution < 1.29 is 0 Å². The number of nitrogens with zero attached hydrogens (tertiary/aromatic N) is 2. The Hall–Kier alpha value is -0.260. The number of aryl methyl sites for hydroxylation is 2. The normalized spacial score (nSPS) is 12.1. The standard InChI is InChI=1S/C10H18IN3/c1-7-8(11)9(12)14(13-7)6-5-10(2,3)4/h5-6,12H2,1-4H3. The number of rotatable bonds is 2. The highest BCUT2D eigenvalue weighted by molar-refractivity contribution is 14.1. The van der Waals surface area contributed by atoms with Gasteiger partial charge in [-0.15, -0.1) is 0 Å². The van der Waals surface area contributed by atoms with Gasteiger partial charge in [0.25, 0.3) is 0 Å². The van der Waals surface area contributed by atoms with Gasteiger partial charge in [0.05, 0.1) is 9.26 Å². The van der Waals surface area contributed by atoms with Crippen LogP contribution < -0.4 is 5.73 Å². The van der Waals surface area contributed by atoms with Gasteiger partial charge in [-0.3, -0.25) is 0 Å². The van der Waals surface area contributed by atoms with E-state index in [-0.39, 0.29) is 0 Å². The predicted molar refractivity (Wildman–Crippen MR) is 68.2 cm³/mol. The first-order valence-corrected chi connectivity index (χ1v) is 5.87. The van der Waals surface area contributed by atoms with Gasteiger partial charge >= 0.3 is 0 Å². The van der Waals surface area contributed by atoms with Crippen molar-refractivity contribution in [2.45, 2.75) is 40.7 Å². The molecule has 0 aromatic carbocycles. The minimum Gasteiger partial charge on any atom is -0.383 e. The minimum absolute atomic E-state index is 0.331. The highest BCUT2D eigenvalue weighted by Crippen LogP contribution is 2.23. The van der Waals surface area contributed by atoms with Crippen molar-refractivity contribution in [2.75, 3.05) is 5.73 Å². The van der Waals surface area contributed by atoms with Crippen molar-refractivity contribution in [1.82, 2.24) is 9.78 Å². The highest BCUT2D eigenvalue weighted by Gasteiger charge is 2.13. The first-order valence-electron chi connectivity index (χ1n) is 4.79. The maximum absolute atomic E-state index is 5.93. The zero-order valence-electron chi connectivity index (χ0n) is 9.26. The summed E-state index contributed by atoms with van der Waals surface area (Å²) >= 11 is 2.24. The maximum Gasteiger partial charge on any atom is 0.135 e. The molecule has 0 amide bonds. The summed E-state index contributed by atoms with van der Waals surface area (Å²) in [5.41, 5.74) is 7.28. The third kappa shape index (κ3) is 2.87. The Bertz CT molecular complexity index is 323. The monoisotopic (exact) mass is 307 g/mol. The van der Waals surface area contributed by atoms with E-state index in [4.69, 9.17) is 5.73 Å². The molecular weight excluding hydrogens is 289 g/mol. The lowest BCUT2D eigenvalue weighted by molar-refractivity contribution is 0.342. The average molecular weight is 307 g/mol. The van der Waals surface area contributed by atoms with E-state index < -0.39 is 0 Å². The fraction of sp³-hybridized carbons (Fsp3) is 0.700. The van der Waals surface area contributed by atoms with Crippen LogP contribution in [0.1, 0.15) is 32.9 Å². The maximum atomic E-state index is 5.93. The van der Waals surface area contributed by atoms with Crippen LogP contribution in [0.3, 0.4) is 0 Å². The number of nitrogens with two attached hydrogens (primary N) is 1. The van der Waals surface area contributed by atoms with Gasteiger partial charge in [0.2, 0.25) is 0 Å². The first-order chi connectivity index (χ1) is 6.31. The summed E-state index contributed by atoms with van der Waals surface area (Å²) in [6.07, 6.45) is 1.09. The molecule has 0 aliphatic heterocycles. The Balaban J connectivity index is 2.73. The second kappa shape index (κ2) is 4.08. The summed E-state index contributed by atoms with van der Waals surface area (Å²) < 4.78 is 2.99. The largest absolute Gasteiger partial charge is 0.383 e. The molecule has 0 saturated carbocycles. The van der Waals surface area contributed by atoms with Gasteiger partial charge in [-0.2, -0.15) is 5.10 Å². The van der Waals surface area contributed by atoms with E-state index in [0.717, 1.165) is 28.0 Å². The molecule has 0 fully saturated rings. The van der Waals surface area contributed by atoms with Crippen LogP contribution >= 0.6 is 22.6 Å². The van der Waals surface area contributed by atoms with E-state index in [1.807, 2.05) is 11.6 Å². The Labute approximate surface area is 99.2 Å². The molecule has 2 N–H and O–H groups in total.